The monoisotopic (exact) mass is 277 g/mol. The van der Waals surface area contributed by atoms with Gasteiger partial charge < -0.3 is 10.0 Å². The van der Waals surface area contributed by atoms with Gasteiger partial charge in [0, 0.05) is 29.8 Å². The molecule has 19 heavy (non-hydrogen) atoms. The molecule has 1 N–H and O–H groups in total. The van der Waals surface area contributed by atoms with Crippen molar-refractivity contribution >= 4 is 11.9 Å². The van der Waals surface area contributed by atoms with E-state index in [0.29, 0.717) is 0 Å². The van der Waals surface area contributed by atoms with Crippen molar-refractivity contribution in [1.29, 1.82) is 0 Å². The zero-order valence-electron chi connectivity index (χ0n) is 10.5. The second kappa shape index (κ2) is 5.46. The number of alkyl halides is 3. The molecule has 106 valence electrons. The largest absolute Gasteiger partial charge is 0.478 e. The zero-order chi connectivity index (χ0) is 14.8. The van der Waals surface area contributed by atoms with Crippen molar-refractivity contribution in [3.63, 3.8) is 0 Å². The van der Waals surface area contributed by atoms with E-state index in [2.05, 4.69) is 0 Å². The van der Waals surface area contributed by atoms with Crippen LogP contribution in [0.25, 0.3) is 0 Å². The molecule has 4 nitrogen and oxygen atoms in total. The van der Waals surface area contributed by atoms with E-state index >= 15 is 0 Å². The lowest BCUT2D eigenvalue weighted by Gasteiger charge is -2.27. The van der Waals surface area contributed by atoms with Crippen LogP contribution in [0.5, 0.6) is 0 Å². The Morgan fingerprint density at radius 1 is 1.26 bits per heavy atom. The molecule has 1 rings (SSSR count). The van der Waals surface area contributed by atoms with Crippen LogP contribution in [0.2, 0.25) is 0 Å². The van der Waals surface area contributed by atoms with E-state index in [9.17, 15) is 22.8 Å². The maximum atomic E-state index is 12.4. The fourth-order valence-electron chi connectivity index (χ4n) is 1.67. The molecule has 0 aromatic rings. The van der Waals surface area contributed by atoms with Gasteiger partial charge in [-0.2, -0.15) is 13.2 Å². The molecule has 1 aliphatic heterocycles. The standard InChI is InChI=1S/C12H14F3NO3/c1-7(8(2)11(18)19)10(17)16-5-3-9(4-6-16)12(13,14)15/h3H,4-6H2,1-2H3,(H,18,19). The van der Waals surface area contributed by atoms with Crippen LogP contribution in [0.1, 0.15) is 20.3 Å². The van der Waals surface area contributed by atoms with Gasteiger partial charge >= 0.3 is 12.1 Å². The Morgan fingerprint density at radius 2 is 1.84 bits per heavy atom. The Hall–Kier alpha value is -1.79. The number of hydrogen-bond donors (Lipinski definition) is 1. The van der Waals surface area contributed by atoms with Crippen LogP contribution in [0.3, 0.4) is 0 Å². The van der Waals surface area contributed by atoms with Gasteiger partial charge in [-0.1, -0.05) is 6.08 Å². The quantitative estimate of drug-likeness (QED) is 0.621. The minimum atomic E-state index is -4.36. The van der Waals surface area contributed by atoms with Gasteiger partial charge in [0.05, 0.1) is 0 Å². The van der Waals surface area contributed by atoms with Crippen molar-refractivity contribution in [1.82, 2.24) is 4.90 Å². The average molecular weight is 277 g/mol. The van der Waals surface area contributed by atoms with Gasteiger partial charge in [-0.15, -0.1) is 0 Å². The van der Waals surface area contributed by atoms with E-state index in [1.54, 1.807) is 0 Å². The molecule has 0 saturated carbocycles. The minimum Gasteiger partial charge on any atom is -0.478 e. The number of hydrogen-bond acceptors (Lipinski definition) is 2. The maximum Gasteiger partial charge on any atom is 0.412 e. The molecular formula is C12H14F3NO3. The number of carboxylic acids is 1. The van der Waals surface area contributed by atoms with E-state index < -0.39 is 23.6 Å². The summed E-state index contributed by atoms with van der Waals surface area (Å²) in [7, 11) is 0. The van der Waals surface area contributed by atoms with Crippen LogP contribution in [0.4, 0.5) is 13.2 Å². The second-order valence-electron chi connectivity index (χ2n) is 4.28. The SMILES string of the molecule is CC(C(=O)O)=C(C)C(=O)N1CC=C(C(F)(F)F)CC1. The Balaban J connectivity index is 2.82. The van der Waals surface area contributed by atoms with Gasteiger partial charge in [-0.3, -0.25) is 4.79 Å². The van der Waals surface area contributed by atoms with Gasteiger partial charge in [0.1, 0.15) is 0 Å². The van der Waals surface area contributed by atoms with Gasteiger partial charge in [0.15, 0.2) is 0 Å². The molecule has 0 unspecified atom stereocenters. The van der Waals surface area contributed by atoms with Crippen molar-refractivity contribution in [2.45, 2.75) is 26.4 Å². The van der Waals surface area contributed by atoms with Crippen LogP contribution >= 0.6 is 0 Å². The summed E-state index contributed by atoms with van der Waals surface area (Å²) in [6, 6.07) is 0. The topological polar surface area (TPSA) is 57.6 Å². The van der Waals surface area contributed by atoms with E-state index in [1.807, 2.05) is 0 Å². The van der Waals surface area contributed by atoms with Crippen molar-refractivity contribution in [3.8, 4) is 0 Å². The highest BCUT2D eigenvalue weighted by Gasteiger charge is 2.35. The molecule has 7 heteroatoms. The summed E-state index contributed by atoms with van der Waals surface area (Å²) in [6.45, 7) is 2.43. The van der Waals surface area contributed by atoms with Gasteiger partial charge in [0.25, 0.3) is 0 Å². The van der Waals surface area contributed by atoms with E-state index in [-0.39, 0.29) is 30.7 Å². The van der Waals surface area contributed by atoms with Gasteiger partial charge in [0.2, 0.25) is 5.91 Å². The normalized spacial score (nSPS) is 17.7. The number of rotatable bonds is 2. The smallest absolute Gasteiger partial charge is 0.412 e. The molecule has 0 aromatic carbocycles. The third-order valence-electron chi connectivity index (χ3n) is 3.06. The van der Waals surface area contributed by atoms with E-state index in [0.717, 1.165) is 6.08 Å². The highest BCUT2D eigenvalue weighted by atomic mass is 19.4. The van der Waals surface area contributed by atoms with E-state index in [1.165, 1.54) is 18.7 Å². The first-order chi connectivity index (χ1) is 8.64. The summed E-state index contributed by atoms with van der Waals surface area (Å²) in [6.07, 6.45) is -3.67. The lowest BCUT2D eigenvalue weighted by Crippen LogP contribution is -2.37. The molecule has 0 fully saturated rings. The van der Waals surface area contributed by atoms with Crippen LogP contribution in [-0.2, 0) is 9.59 Å². The van der Waals surface area contributed by atoms with Crippen molar-refractivity contribution in [2.75, 3.05) is 13.1 Å². The molecule has 0 atom stereocenters. The minimum absolute atomic E-state index is 0.0383. The fraction of sp³-hybridized carbons (Fsp3) is 0.500. The predicted molar refractivity (Wildman–Crippen MR) is 61.3 cm³/mol. The predicted octanol–water partition coefficient (Wildman–Crippen LogP) is 2.13. The number of carbonyl (C=O) groups excluding carboxylic acids is 1. The highest BCUT2D eigenvalue weighted by molar-refractivity contribution is 6.01. The molecule has 0 aromatic heterocycles. The molecule has 0 aliphatic carbocycles. The summed E-state index contributed by atoms with van der Waals surface area (Å²) in [5.41, 5.74) is -0.708. The number of carboxylic acid groups (broad SMARTS) is 1. The van der Waals surface area contributed by atoms with Crippen LogP contribution < -0.4 is 0 Å². The number of halogens is 3. The molecule has 0 spiro atoms. The Labute approximate surface area is 108 Å². The molecule has 0 bridgehead atoms. The first-order valence-electron chi connectivity index (χ1n) is 5.61. The Kier molecular flexibility index (Phi) is 4.39. The third-order valence-corrected chi connectivity index (χ3v) is 3.06. The molecular weight excluding hydrogens is 263 g/mol. The van der Waals surface area contributed by atoms with Crippen molar-refractivity contribution < 1.29 is 27.9 Å². The first-order valence-corrected chi connectivity index (χ1v) is 5.61. The number of nitrogens with zero attached hydrogens (tertiary/aromatic N) is 1. The Morgan fingerprint density at radius 3 is 2.21 bits per heavy atom. The van der Waals surface area contributed by atoms with Crippen molar-refractivity contribution in [3.05, 3.63) is 22.8 Å². The summed E-state index contributed by atoms with van der Waals surface area (Å²) in [5, 5.41) is 8.76. The maximum absolute atomic E-state index is 12.4. The molecule has 0 radical (unpaired) electrons. The van der Waals surface area contributed by atoms with Crippen LogP contribution in [0.15, 0.2) is 22.8 Å². The third kappa shape index (κ3) is 3.59. The number of aliphatic carboxylic acids is 1. The first kappa shape index (κ1) is 15.3. The summed E-state index contributed by atoms with van der Waals surface area (Å²) in [5.74, 6) is -1.76. The van der Waals surface area contributed by atoms with Gasteiger partial charge in [-0.25, -0.2) is 4.79 Å². The summed E-state index contributed by atoms with van der Waals surface area (Å²) in [4.78, 5) is 23.8. The molecule has 1 amide bonds. The molecule has 1 heterocycles. The Bertz CT molecular complexity index is 463. The number of carbonyl (C=O) groups is 2. The zero-order valence-corrected chi connectivity index (χ0v) is 10.5. The lowest BCUT2D eigenvalue weighted by molar-refractivity contribution is -0.134. The van der Waals surface area contributed by atoms with Crippen molar-refractivity contribution in [2.24, 2.45) is 0 Å². The molecule has 1 aliphatic rings. The number of amides is 1. The highest BCUT2D eigenvalue weighted by Crippen LogP contribution is 2.30. The lowest BCUT2D eigenvalue weighted by atomic mass is 10.1. The van der Waals surface area contributed by atoms with Gasteiger partial charge in [-0.05, 0) is 20.3 Å². The van der Waals surface area contributed by atoms with Crippen LogP contribution in [0, 0.1) is 0 Å². The summed E-state index contributed by atoms with van der Waals surface area (Å²) >= 11 is 0. The fourth-order valence-corrected chi connectivity index (χ4v) is 1.67. The summed E-state index contributed by atoms with van der Waals surface area (Å²) < 4.78 is 37.2. The second-order valence-corrected chi connectivity index (χ2v) is 4.28. The average Bonchev–Trinajstić information content (AvgIpc) is 2.35. The van der Waals surface area contributed by atoms with Crippen LogP contribution in [-0.4, -0.2) is 41.1 Å². The van der Waals surface area contributed by atoms with E-state index in [4.69, 9.17) is 5.11 Å². The molecule has 0 saturated heterocycles.